The number of fused-ring (bicyclic) bond motifs is 2. The number of halogens is 2. The van der Waals surface area contributed by atoms with Crippen molar-refractivity contribution in [2.75, 3.05) is 37.8 Å². The van der Waals surface area contributed by atoms with Crippen LogP contribution in [-0.2, 0) is 4.79 Å². The fourth-order valence-corrected chi connectivity index (χ4v) is 4.83. The summed E-state index contributed by atoms with van der Waals surface area (Å²) in [6, 6.07) is 6.33. The van der Waals surface area contributed by atoms with Gasteiger partial charge in [0, 0.05) is 47.7 Å². The third-order valence-electron chi connectivity index (χ3n) is 7.21. The maximum absolute atomic E-state index is 16.2. The predicted octanol–water partition coefficient (Wildman–Crippen LogP) is 5.86. The van der Waals surface area contributed by atoms with Crippen LogP contribution in [-0.4, -0.2) is 73.1 Å². The standard InChI is InChI=1S/C32H32F2N10O/c1-32(2,3)31(45)39-21-10-18(12-35-13-21)27-26(34)25-23(16-38-27)42-43-29(25)30-40-24-15-36-14-22(28(24)41-30)17-8-19(33)11-20(9-17)37-6-7-44(4)5/h8-16,37H,6-7H2,1-5H3,(H,39,45)(H,40,41)(H,42,43). The highest BCUT2D eigenvalue weighted by Gasteiger charge is 2.24. The Balaban J connectivity index is 1.38. The van der Waals surface area contributed by atoms with Gasteiger partial charge in [0.25, 0.3) is 0 Å². The number of hydrogen-bond acceptors (Lipinski definition) is 8. The molecule has 11 nitrogen and oxygen atoms in total. The van der Waals surface area contributed by atoms with Crippen molar-refractivity contribution in [1.29, 1.82) is 0 Å². The third kappa shape index (κ3) is 6.07. The van der Waals surface area contributed by atoms with Crippen LogP contribution in [0.5, 0.6) is 0 Å². The van der Waals surface area contributed by atoms with E-state index in [-0.39, 0.29) is 22.7 Å². The number of aromatic amines is 2. The molecule has 45 heavy (non-hydrogen) atoms. The van der Waals surface area contributed by atoms with E-state index in [1.165, 1.54) is 30.7 Å². The van der Waals surface area contributed by atoms with E-state index in [2.05, 4.69) is 40.8 Å². The van der Waals surface area contributed by atoms with E-state index in [9.17, 15) is 9.18 Å². The number of hydrogen-bond donors (Lipinski definition) is 4. The molecule has 5 aromatic heterocycles. The Morgan fingerprint density at radius 1 is 0.911 bits per heavy atom. The van der Waals surface area contributed by atoms with Crippen molar-refractivity contribution < 1.29 is 13.6 Å². The molecule has 0 atom stereocenters. The number of benzene rings is 1. The predicted molar refractivity (Wildman–Crippen MR) is 170 cm³/mol. The van der Waals surface area contributed by atoms with E-state index in [1.54, 1.807) is 39.2 Å². The number of likely N-dealkylation sites (N-methyl/N-ethyl adjacent to an activating group) is 1. The van der Waals surface area contributed by atoms with Crippen LogP contribution in [0.4, 0.5) is 20.2 Å². The summed E-state index contributed by atoms with van der Waals surface area (Å²) in [6.07, 6.45) is 7.68. The van der Waals surface area contributed by atoms with Gasteiger partial charge < -0.3 is 20.5 Å². The fourth-order valence-electron chi connectivity index (χ4n) is 4.83. The number of aromatic nitrogens is 7. The number of nitrogens with zero attached hydrogens (tertiary/aromatic N) is 6. The van der Waals surface area contributed by atoms with Gasteiger partial charge in [-0.1, -0.05) is 20.8 Å². The van der Waals surface area contributed by atoms with Gasteiger partial charge in [-0.3, -0.25) is 24.8 Å². The number of anilines is 2. The molecule has 5 heterocycles. The van der Waals surface area contributed by atoms with Crippen LogP contribution in [0.15, 0.2) is 55.2 Å². The van der Waals surface area contributed by atoms with Gasteiger partial charge in [0.2, 0.25) is 5.91 Å². The molecule has 1 aromatic carbocycles. The highest BCUT2D eigenvalue weighted by Crippen LogP contribution is 2.35. The van der Waals surface area contributed by atoms with Gasteiger partial charge in [-0.15, -0.1) is 0 Å². The summed E-state index contributed by atoms with van der Waals surface area (Å²) >= 11 is 0. The summed E-state index contributed by atoms with van der Waals surface area (Å²) in [4.78, 5) is 35.3. The lowest BCUT2D eigenvalue weighted by Crippen LogP contribution is -2.27. The molecule has 0 aliphatic rings. The largest absolute Gasteiger partial charge is 0.384 e. The molecule has 0 aliphatic heterocycles. The minimum absolute atomic E-state index is 0.0389. The zero-order valence-corrected chi connectivity index (χ0v) is 25.5. The monoisotopic (exact) mass is 610 g/mol. The van der Waals surface area contributed by atoms with Crippen LogP contribution in [0.3, 0.4) is 0 Å². The van der Waals surface area contributed by atoms with Gasteiger partial charge in [-0.25, -0.2) is 13.8 Å². The molecule has 0 aliphatic carbocycles. The summed E-state index contributed by atoms with van der Waals surface area (Å²) in [5.41, 5.74) is 3.77. The van der Waals surface area contributed by atoms with E-state index < -0.39 is 17.0 Å². The SMILES string of the molecule is CN(C)CCNc1cc(F)cc(-c2cncc3[nH]c(-c4n[nH]c5cnc(-c6cncc(NC(=O)C(C)(C)C)c6)c(F)c45)nc23)c1. The number of carbonyl (C=O) groups excluding carboxylic acids is 1. The number of rotatable bonds is 8. The third-order valence-corrected chi connectivity index (χ3v) is 7.21. The van der Waals surface area contributed by atoms with Crippen molar-refractivity contribution >= 4 is 39.2 Å². The lowest BCUT2D eigenvalue weighted by Gasteiger charge is -2.17. The lowest BCUT2D eigenvalue weighted by molar-refractivity contribution is -0.123. The van der Waals surface area contributed by atoms with E-state index in [1.807, 2.05) is 25.1 Å². The van der Waals surface area contributed by atoms with Crippen molar-refractivity contribution in [1.82, 2.24) is 40.0 Å². The van der Waals surface area contributed by atoms with Gasteiger partial charge in [0.05, 0.1) is 46.2 Å². The maximum atomic E-state index is 16.2. The first kappa shape index (κ1) is 29.8. The molecule has 4 N–H and O–H groups in total. The second-order valence-electron chi connectivity index (χ2n) is 12.1. The number of pyridine rings is 3. The fraction of sp³-hybridized carbons (Fsp3) is 0.250. The molecule has 0 fully saturated rings. The van der Waals surface area contributed by atoms with E-state index >= 15 is 4.39 Å². The summed E-state index contributed by atoms with van der Waals surface area (Å²) in [5.74, 6) is -0.929. The van der Waals surface area contributed by atoms with Gasteiger partial charge in [0.15, 0.2) is 11.6 Å². The Labute approximate surface area is 257 Å². The van der Waals surface area contributed by atoms with Gasteiger partial charge in [-0.2, -0.15) is 5.10 Å². The summed E-state index contributed by atoms with van der Waals surface area (Å²) in [5, 5.41) is 13.4. The Kier molecular flexibility index (Phi) is 7.71. The minimum atomic E-state index is -0.630. The number of carbonyl (C=O) groups is 1. The summed E-state index contributed by atoms with van der Waals surface area (Å²) in [7, 11) is 3.94. The smallest absolute Gasteiger partial charge is 0.229 e. The number of imidazole rings is 1. The van der Waals surface area contributed by atoms with Crippen LogP contribution >= 0.6 is 0 Å². The van der Waals surface area contributed by atoms with Crippen molar-refractivity contribution in [3.63, 3.8) is 0 Å². The first-order valence-electron chi connectivity index (χ1n) is 14.3. The maximum Gasteiger partial charge on any atom is 0.229 e. The van der Waals surface area contributed by atoms with E-state index in [0.717, 1.165) is 6.54 Å². The van der Waals surface area contributed by atoms with Crippen molar-refractivity contribution in [2.45, 2.75) is 20.8 Å². The van der Waals surface area contributed by atoms with Crippen LogP contribution in [0.25, 0.3) is 55.8 Å². The average molecular weight is 611 g/mol. The molecule has 13 heteroatoms. The number of nitrogens with one attached hydrogen (secondary N) is 4. The zero-order valence-electron chi connectivity index (χ0n) is 25.5. The molecule has 0 bridgehead atoms. The highest BCUT2D eigenvalue weighted by molar-refractivity contribution is 5.98. The van der Waals surface area contributed by atoms with Gasteiger partial charge in [0.1, 0.15) is 17.2 Å². The zero-order chi connectivity index (χ0) is 31.9. The van der Waals surface area contributed by atoms with Gasteiger partial charge >= 0.3 is 0 Å². The minimum Gasteiger partial charge on any atom is -0.384 e. The quantitative estimate of drug-likeness (QED) is 0.168. The average Bonchev–Trinajstić information content (AvgIpc) is 3.61. The topological polar surface area (TPSA) is 140 Å². The Bertz CT molecular complexity index is 2040. The molecule has 0 radical (unpaired) electrons. The molecular weight excluding hydrogens is 578 g/mol. The lowest BCUT2D eigenvalue weighted by atomic mass is 9.95. The van der Waals surface area contributed by atoms with Crippen LogP contribution in [0.2, 0.25) is 0 Å². The molecule has 0 saturated heterocycles. The van der Waals surface area contributed by atoms with E-state index in [4.69, 9.17) is 4.98 Å². The molecule has 1 amide bonds. The number of H-pyrrole nitrogens is 2. The number of amides is 1. The van der Waals surface area contributed by atoms with E-state index in [0.29, 0.717) is 57.0 Å². The molecule has 0 unspecified atom stereocenters. The van der Waals surface area contributed by atoms with Crippen molar-refractivity contribution in [3.05, 3.63) is 66.9 Å². The molecule has 0 spiro atoms. The second-order valence-corrected chi connectivity index (χ2v) is 12.1. The summed E-state index contributed by atoms with van der Waals surface area (Å²) in [6.45, 7) is 6.82. The molecular formula is C32H32F2N10O. The van der Waals surface area contributed by atoms with Crippen molar-refractivity contribution in [2.24, 2.45) is 5.41 Å². The second kappa shape index (κ2) is 11.7. The van der Waals surface area contributed by atoms with Crippen LogP contribution in [0, 0.1) is 17.0 Å². The Morgan fingerprint density at radius 3 is 2.47 bits per heavy atom. The molecule has 230 valence electrons. The first-order valence-corrected chi connectivity index (χ1v) is 14.3. The van der Waals surface area contributed by atoms with Gasteiger partial charge in [-0.05, 0) is 43.9 Å². The normalized spacial score (nSPS) is 11.9. The molecule has 0 saturated carbocycles. The highest BCUT2D eigenvalue weighted by atomic mass is 19.1. The van der Waals surface area contributed by atoms with Crippen LogP contribution < -0.4 is 10.6 Å². The van der Waals surface area contributed by atoms with Crippen molar-refractivity contribution in [3.8, 4) is 33.9 Å². The summed E-state index contributed by atoms with van der Waals surface area (Å²) < 4.78 is 30.9. The molecule has 6 aromatic rings. The first-order chi connectivity index (χ1) is 21.5. The Morgan fingerprint density at radius 2 is 1.69 bits per heavy atom. The Hall–Kier alpha value is -5.30. The molecule has 6 rings (SSSR count). The van der Waals surface area contributed by atoms with Crippen LogP contribution in [0.1, 0.15) is 20.8 Å².